The van der Waals surface area contributed by atoms with Crippen molar-refractivity contribution < 1.29 is 18.8 Å². The molecule has 4 rings (SSSR count). The lowest BCUT2D eigenvalue weighted by molar-refractivity contribution is -0.135. The highest BCUT2D eigenvalue weighted by Gasteiger charge is 2.32. The molecule has 0 N–H and O–H groups in total. The number of ether oxygens (including phenoxy) is 2. The summed E-state index contributed by atoms with van der Waals surface area (Å²) in [6, 6.07) is 16.5. The number of hydrogen-bond donors (Lipinski definition) is 0. The topological polar surface area (TPSA) is 77.7 Å². The summed E-state index contributed by atoms with van der Waals surface area (Å²) in [5.74, 6) is 3.85. The molecular formula is C21H21N3O4S. The van der Waals surface area contributed by atoms with Crippen molar-refractivity contribution in [3.8, 4) is 22.9 Å². The lowest BCUT2D eigenvalue weighted by atomic mass is 10.2. The van der Waals surface area contributed by atoms with Crippen molar-refractivity contribution >= 4 is 17.7 Å². The zero-order valence-corrected chi connectivity index (χ0v) is 16.8. The first-order valence-corrected chi connectivity index (χ1v) is 10.4. The average Bonchev–Trinajstić information content (AvgIpc) is 3.28. The number of amides is 1. The molecule has 0 aliphatic carbocycles. The SMILES string of the molecule is COc1ccc(-c2noc(C3CSCCN3C(=O)COc3ccccc3)n2)cc1. The Balaban J connectivity index is 1.47. The quantitative estimate of drug-likeness (QED) is 0.615. The van der Waals surface area contributed by atoms with E-state index in [4.69, 9.17) is 14.0 Å². The highest BCUT2D eigenvalue weighted by atomic mass is 32.2. The van der Waals surface area contributed by atoms with Crippen molar-refractivity contribution in [2.45, 2.75) is 6.04 Å². The molecule has 29 heavy (non-hydrogen) atoms. The van der Waals surface area contributed by atoms with E-state index in [2.05, 4.69) is 10.1 Å². The van der Waals surface area contributed by atoms with Gasteiger partial charge in [0.25, 0.3) is 11.8 Å². The Morgan fingerprint density at radius 2 is 1.97 bits per heavy atom. The summed E-state index contributed by atoms with van der Waals surface area (Å²) in [5, 5.41) is 4.10. The molecule has 1 fully saturated rings. The lowest BCUT2D eigenvalue weighted by Gasteiger charge is -2.32. The van der Waals surface area contributed by atoms with Crippen molar-refractivity contribution in [1.29, 1.82) is 0 Å². The Bertz CT molecular complexity index is 946. The van der Waals surface area contributed by atoms with Gasteiger partial charge >= 0.3 is 0 Å². The van der Waals surface area contributed by atoms with Gasteiger partial charge in [0.1, 0.15) is 17.5 Å². The average molecular weight is 411 g/mol. The van der Waals surface area contributed by atoms with Crippen LogP contribution in [0.1, 0.15) is 11.9 Å². The largest absolute Gasteiger partial charge is 0.497 e. The van der Waals surface area contributed by atoms with Crippen LogP contribution in [0.3, 0.4) is 0 Å². The van der Waals surface area contributed by atoms with Crippen molar-refractivity contribution in [2.24, 2.45) is 0 Å². The number of carbonyl (C=O) groups excluding carboxylic acids is 1. The van der Waals surface area contributed by atoms with Gasteiger partial charge < -0.3 is 18.9 Å². The molecule has 0 bridgehead atoms. The Morgan fingerprint density at radius 1 is 1.17 bits per heavy atom. The third-order valence-corrected chi connectivity index (χ3v) is 5.65. The van der Waals surface area contributed by atoms with Crippen molar-refractivity contribution in [3.05, 3.63) is 60.5 Å². The molecule has 8 heteroatoms. The first-order valence-electron chi connectivity index (χ1n) is 9.27. The number of methoxy groups -OCH3 is 1. The number of hydrogen-bond acceptors (Lipinski definition) is 7. The minimum Gasteiger partial charge on any atom is -0.497 e. The number of thioether (sulfide) groups is 1. The standard InChI is InChI=1S/C21H21N3O4S/c1-26-16-9-7-15(8-10-16)20-22-21(28-23-20)18-14-29-12-11-24(18)19(25)13-27-17-5-3-2-4-6-17/h2-10,18H,11-14H2,1H3. The zero-order valence-electron chi connectivity index (χ0n) is 16.0. The van der Waals surface area contributed by atoms with E-state index < -0.39 is 0 Å². The molecule has 1 atom stereocenters. The Labute approximate surface area is 173 Å². The molecule has 1 aromatic heterocycles. The fourth-order valence-corrected chi connectivity index (χ4v) is 4.12. The predicted octanol–water partition coefficient (Wildman–Crippen LogP) is 3.44. The molecule has 1 aliphatic heterocycles. The van der Waals surface area contributed by atoms with E-state index in [-0.39, 0.29) is 18.6 Å². The highest BCUT2D eigenvalue weighted by molar-refractivity contribution is 7.99. The van der Waals surface area contributed by atoms with Gasteiger partial charge in [-0.3, -0.25) is 4.79 Å². The van der Waals surface area contributed by atoms with E-state index >= 15 is 0 Å². The molecule has 0 saturated carbocycles. The second-order valence-corrected chi connectivity index (χ2v) is 7.61. The van der Waals surface area contributed by atoms with Crippen LogP contribution < -0.4 is 9.47 Å². The summed E-state index contributed by atoms with van der Waals surface area (Å²) in [6.07, 6.45) is 0. The molecular weight excluding hydrogens is 390 g/mol. The van der Waals surface area contributed by atoms with E-state index in [0.29, 0.717) is 29.8 Å². The zero-order chi connectivity index (χ0) is 20.1. The molecule has 2 heterocycles. The minimum atomic E-state index is -0.264. The van der Waals surface area contributed by atoms with Crippen LogP contribution in [-0.4, -0.2) is 52.7 Å². The first kappa shape index (κ1) is 19.3. The third kappa shape index (κ3) is 4.54. The summed E-state index contributed by atoms with van der Waals surface area (Å²) in [7, 11) is 1.62. The second kappa shape index (κ2) is 9.00. The maximum atomic E-state index is 12.8. The van der Waals surface area contributed by atoms with E-state index in [9.17, 15) is 4.79 Å². The van der Waals surface area contributed by atoms with Crippen molar-refractivity contribution in [1.82, 2.24) is 15.0 Å². The van der Waals surface area contributed by atoms with Crippen LogP contribution in [0.25, 0.3) is 11.4 Å². The Kier molecular flexibility index (Phi) is 6.00. The van der Waals surface area contributed by atoms with Gasteiger partial charge in [0.2, 0.25) is 5.82 Å². The van der Waals surface area contributed by atoms with Gasteiger partial charge in [-0.15, -0.1) is 0 Å². The number of para-hydroxylation sites is 1. The van der Waals surface area contributed by atoms with Crippen LogP contribution in [0.5, 0.6) is 11.5 Å². The summed E-state index contributed by atoms with van der Waals surface area (Å²) in [6.45, 7) is 0.594. The number of benzene rings is 2. The van der Waals surface area contributed by atoms with Gasteiger partial charge in [0.05, 0.1) is 7.11 Å². The van der Waals surface area contributed by atoms with E-state index in [1.165, 1.54) is 0 Å². The second-order valence-electron chi connectivity index (χ2n) is 6.46. The highest BCUT2D eigenvalue weighted by Crippen LogP contribution is 2.30. The summed E-state index contributed by atoms with van der Waals surface area (Å²) >= 11 is 1.76. The summed E-state index contributed by atoms with van der Waals surface area (Å²) < 4.78 is 16.3. The number of rotatable bonds is 6. The minimum absolute atomic E-state index is 0.0232. The van der Waals surface area contributed by atoms with Gasteiger partial charge in [0.15, 0.2) is 6.61 Å². The predicted molar refractivity (Wildman–Crippen MR) is 110 cm³/mol. The molecule has 2 aromatic carbocycles. The molecule has 1 unspecified atom stereocenters. The monoisotopic (exact) mass is 411 g/mol. The molecule has 0 spiro atoms. The Morgan fingerprint density at radius 3 is 2.72 bits per heavy atom. The van der Waals surface area contributed by atoms with Crippen molar-refractivity contribution in [2.75, 3.05) is 31.8 Å². The third-order valence-electron chi connectivity index (χ3n) is 4.63. The molecule has 1 amide bonds. The van der Waals surface area contributed by atoms with Gasteiger partial charge in [-0.2, -0.15) is 16.7 Å². The van der Waals surface area contributed by atoms with Crippen molar-refractivity contribution in [3.63, 3.8) is 0 Å². The lowest BCUT2D eigenvalue weighted by Crippen LogP contribution is -2.43. The number of nitrogens with zero attached hydrogens (tertiary/aromatic N) is 3. The molecule has 0 radical (unpaired) electrons. The van der Waals surface area contributed by atoms with Crippen LogP contribution in [-0.2, 0) is 4.79 Å². The number of aromatic nitrogens is 2. The molecule has 1 saturated heterocycles. The maximum absolute atomic E-state index is 12.8. The number of carbonyl (C=O) groups is 1. The van der Waals surface area contributed by atoms with Gasteiger partial charge in [-0.25, -0.2) is 0 Å². The van der Waals surface area contributed by atoms with Crippen LogP contribution in [0.2, 0.25) is 0 Å². The summed E-state index contributed by atoms with van der Waals surface area (Å²) in [4.78, 5) is 19.1. The van der Waals surface area contributed by atoms with Crippen LogP contribution >= 0.6 is 11.8 Å². The van der Waals surface area contributed by atoms with Gasteiger partial charge in [-0.05, 0) is 36.4 Å². The van der Waals surface area contributed by atoms with Gasteiger partial charge in [0, 0.05) is 23.6 Å². The van der Waals surface area contributed by atoms with E-state index in [1.54, 1.807) is 23.8 Å². The molecule has 150 valence electrons. The van der Waals surface area contributed by atoms with E-state index in [0.717, 1.165) is 17.1 Å². The first-order chi connectivity index (χ1) is 14.2. The molecule has 1 aliphatic rings. The molecule has 3 aromatic rings. The fourth-order valence-electron chi connectivity index (χ4n) is 3.08. The fraction of sp³-hybridized carbons (Fsp3) is 0.286. The van der Waals surface area contributed by atoms with Crippen LogP contribution in [0.4, 0.5) is 0 Å². The molecule has 7 nitrogen and oxygen atoms in total. The Hall–Kier alpha value is -3.00. The maximum Gasteiger partial charge on any atom is 0.261 e. The van der Waals surface area contributed by atoms with Gasteiger partial charge in [-0.1, -0.05) is 23.4 Å². The van der Waals surface area contributed by atoms with Crippen LogP contribution in [0.15, 0.2) is 59.1 Å². The van der Waals surface area contributed by atoms with E-state index in [1.807, 2.05) is 54.6 Å². The summed E-state index contributed by atoms with van der Waals surface area (Å²) in [5.41, 5.74) is 0.828. The van der Waals surface area contributed by atoms with Crippen LogP contribution in [0, 0.1) is 0 Å². The smallest absolute Gasteiger partial charge is 0.261 e. The normalized spacial score (nSPS) is 16.4.